The minimum Gasteiger partial charge on any atom is -0.478 e. The number of benzene rings is 1. The molecular weight excluding hydrogens is 472 g/mol. The molecule has 0 aromatic heterocycles. The van der Waals surface area contributed by atoms with Gasteiger partial charge >= 0.3 is 24.4 Å². The van der Waals surface area contributed by atoms with Crippen LogP contribution in [0.5, 0.6) is 5.75 Å². The Hall–Kier alpha value is -2.20. The van der Waals surface area contributed by atoms with Gasteiger partial charge in [0.1, 0.15) is 6.61 Å². The van der Waals surface area contributed by atoms with E-state index in [0.717, 1.165) is 0 Å². The van der Waals surface area contributed by atoms with Crippen LogP contribution < -0.4 is 4.74 Å². The summed E-state index contributed by atoms with van der Waals surface area (Å²) in [4.78, 5) is 0. The van der Waals surface area contributed by atoms with Gasteiger partial charge in [0.2, 0.25) is 11.6 Å². The van der Waals surface area contributed by atoms with Crippen molar-refractivity contribution < 1.29 is 71.6 Å². The van der Waals surface area contributed by atoms with Gasteiger partial charge in [-0.25, -0.2) is 13.5 Å². The van der Waals surface area contributed by atoms with Gasteiger partial charge < -0.3 is 14.2 Å². The van der Waals surface area contributed by atoms with Crippen molar-refractivity contribution in [2.24, 2.45) is 0 Å². The molecule has 0 saturated carbocycles. The van der Waals surface area contributed by atoms with E-state index in [4.69, 9.17) is 0 Å². The van der Waals surface area contributed by atoms with Crippen molar-refractivity contribution in [2.45, 2.75) is 24.4 Å². The van der Waals surface area contributed by atoms with E-state index in [1.807, 2.05) is 0 Å². The van der Waals surface area contributed by atoms with E-state index in [9.17, 15) is 52.7 Å². The van der Waals surface area contributed by atoms with E-state index < -0.39 is 72.2 Å². The van der Waals surface area contributed by atoms with Crippen molar-refractivity contribution in [1.29, 1.82) is 0 Å². The summed E-state index contributed by atoms with van der Waals surface area (Å²) in [6, 6.07) is 0. The van der Waals surface area contributed by atoms with Crippen LogP contribution in [0.15, 0.2) is 6.58 Å². The molecule has 0 aliphatic carbocycles. The van der Waals surface area contributed by atoms with Crippen molar-refractivity contribution in [3.05, 3.63) is 35.4 Å². The molecule has 0 saturated heterocycles. The second kappa shape index (κ2) is 9.12. The Morgan fingerprint density at radius 3 is 1.65 bits per heavy atom. The smallest absolute Gasteiger partial charge is 0.452 e. The van der Waals surface area contributed by atoms with E-state index in [2.05, 4.69) is 25.5 Å². The van der Waals surface area contributed by atoms with Crippen molar-refractivity contribution >= 4 is 6.08 Å². The fourth-order valence-electron chi connectivity index (χ4n) is 1.68. The van der Waals surface area contributed by atoms with Gasteiger partial charge in [-0.3, -0.25) is 0 Å². The Balaban J connectivity index is 3.00. The molecule has 0 aliphatic heterocycles. The molecule has 0 radical (unpaired) electrons. The van der Waals surface area contributed by atoms with Gasteiger partial charge in [-0.15, -0.1) is 0 Å². The number of methoxy groups -OCH3 is 1. The molecule has 1 rings (SSSR count). The predicted octanol–water partition coefficient (Wildman–Crippen LogP) is 5.32. The highest BCUT2D eigenvalue weighted by Gasteiger charge is 2.65. The SMILES string of the molecule is C=Cc1c(F)c(F)c(OCC(F)(F)OC(F)(F)C(F)(F)OCC(F)(F)OC)c(F)c1F. The van der Waals surface area contributed by atoms with Crippen LogP contribution in [0, 0.1) is 23.3 Å². The number of ether oxygens (including phenoxy) is 4. The summed E-state index contributed by atoms with van der Waals surface area (Å²) >= 11 is 0. The zero-order valence-corrected chi connectivity index (χ0v) is 14.9. The van der Waals surface area contributed by atoms with Crippen LogP contribution in [0.1, 0.15) is 5.56 Å². The summed E-state index contributed by atoms with van der Waals surface area (Å²) < 4.78 is 172. The average molecular weight is 482 g/mol. The summed E-state index contributed by atoms with van der Waals surface area (Å²) in [5.41, 5.74) is -1.36. The highest BCUT2D eigenvalue weighted by atomic mass is 19.3. The largest absolute Gasteiger partial charge is 0.478 e. The standard InChI is InChI=1S/C15H10F12O4/c1-3-6-7(16)9(18)11(10(19)8(6)17)29-4-13(22,23)31-15(26,27)14(24,25)30-5-12(20,21)28-2/h3H,1,4-5H2,2H3. The number of alkyl halides is 8. The van der Waals surface area contributed by atoms with Gasteiger partial charge in [-0.05, 0) is 0 Å². The van der Waals surface area contributed by atoms with Crippen LogP contribution in [0.4, 0.5) is 52.7 Å². The average Bonchev–Trinajstić information content (AvgIpc) is 2.64. The monoisotopic (exact) mass is 482 g/mol. The first-order chi connectivity index (χ1) is 13.9. The topological polar surface area (TPSA) is 36.9 Å². The van der Waals surface area contributed by atoms with Gasteiger partial charge in [0.15, 0.2) is 24.0 Å². The Kier molecular flexibility index (Phi) is 7.89. The quantitative estimate of drug-likeness (QED) is 0.316. The molecule has 0 spiro atoms. The highest BCUT2D eigenvalue weighted by molar-refractivity contribution is 5.51. The normalized spacial score (nSPS) is 13.5. The van der Waals surface area contributed by atoms with Crippen molar-refractivity contribution in [3.63, 3.8) is 0 Å². The maximum absolute atomic E-state index is 13.6. The van der Waals surface area contributed by atoms with E-state index in [1.165, 1.54) is 0 Å². The molecule has 4 nitrogen and oxygen atoms in total. The highest BCUT2D eigenvalue weighted by Crippen LogP contribution is 2.41. The number of hydrogen-bond donors (Lipinski definition) is 0. The van der Waals surface area contributed by atoms with Gasteiger partial charge in [0.25, 0.3) is 0 Å². The lowest BCUT2D eigenvalue weighted by Crippen LogP contribution is -2.51. The lowest BCUT2D eigenvalue weighted by atomic mass is 10.1. The molecule has 178 valence electrons. The van der Waals surface area contributed by atoms with Gasteiger partial charge in [-0.2, -0.15) is 43.9 Å². The van der Waals surface area contributed by atoms with Crippen LogP contribution in [-0.4, -0.2) is 44.8 Å². The third kappa shape index (κ3) is 6.16. The fourth-order valence-corrected chi connectivity index (χ4v) is 1.68. The number of halogens is 12. The van der Waals surface area contributed by atoms with Crippen LogP contribution in [0.2, 0.25) is 0 Å². The van der Waals surface area contributed by atoms with Crippen molar-refractivity contribution in [3.8, 4) is 5.75 Å². The van der Waals surface area contributed by atoms with Gasteiger partial charge in [0, 0.05) is 7.11 Å². The lowest BCUT2D eigenvalue weighted by Gasteiger charge is -2.29. The molecule has 0 aliphatic rings. The summed E-state index contributed by atoms with van der Waals surface area (Å²) in [7, 11) is 0.285. The summed E-state index contributed by atoms with van der Waals surface area (Å²) in [5.74, 6) is -11.2. The zero-order chi connectivity index (χ0) is 24.4. The molecule has 31 heavy (non-hydrogen) atoms. The van der Waals surface area contributed by atoms with Gasteiger partial charge in [0.05, 0.1) is 5.56 Å². The second-order valence-electron chi connectivity index (χ2n) is 5.39. The Labute approximate surface area is 164 Å². The third-order valence-electron chi connectivity index (χ3n) is 3.18. The predicted molar refractivity (Wildman–Crippen MR) is 75.7 cm³/mol. The summed E-state index contributed by atoms with van der Waals surface area (Å²) in [5, 5.41) is 0. The summed E-state index contributed by atoms with van der Waals surface area (Å²) in [6.07, 6.45) is -22.1. The maximum atomic E-state index is 13.6. The van der Waals surface area contributed by atoms with E-state index in [0.29, 0.717) is 6.08 Å². The van der Waals surface area contributed by atoms with Crippen LogP contribution in [-0.2, 0) is 14.2 Å². The fraction of sp³-hybridized carbons (Fsp3) is 0.467. The zero-order valence-electron chi connectivity index (χ0n) is 14.9. The molecule has 0 N–H and O–H groups in total. The first kappa shape index (κ1) is 26.8. The maximum Gasteiger partial charge on any atom is 0.452 e. The Morgan fingerprint density at radius 2 is 1.23 bits per heavy atom. The third-order valence-corrected chi connectivity index (χ3v) is 3.18. The van der Waals surface area contributed by atoms with Crippen LogP contribution in [0.25, 0.3) is 6.08 Å². The molecular formula is C15H10F12O4. The molecule has 1 aromatic carbocycles. The lowest BCUT2D eigenvalue weighted by molar-refractivity contribution is -0.488. The Morgan fingerprint density at radius 1 is 0.742 bits per heavy atom. The first-order valence-electron chi connectivity index (χ1n) is 7.43. The number of hydrogen-bond acceptors (Lipinski definition) is 4. The molecule has 0 amide bonds. The molecule has 0 fully saturated rings. The van der Waals surface area contributed by atoms with Gasteiger partial charge in [-0.1, -0.05) is 12.7 Å². The molecule has 16 heteroatoms. The minimum absolute atomic E-state index is 0.285. The van der Waals surface area contributed by atoms with Crippen molar-refractivity contribution in [1.82, 2.24) is 0 Å². The second-order valence-corrected chi connectivity index (χ2v) is 5.39. The number of rotatable bonds is 11. The van der Waals surface area contributed by atoms with E-state index >= 15 is 0 Å². The van der Waals surface area contributed by atoms with Crippen LogP contribution >= 0.6 is 0 Å². The van der Waals surface area contributed by atoms with E-state index in [1.54, 1.807) is 0 Å². The molecule has 0 unspecified atom stereocenters. The molecule has 0 atom stereocenters. The van der Waals surface area contributed by atoms with Crippen molar-refractivity contribution in [2.75, 3.05) is 20.3 Å². The Bertz CT molecular complexity index is 783. The first-order valence-corrected chi connectivity index (χ1v) is 7.43. The molecule has 1 aromatic rings. The summed E-state index contributed by atoms with van der Waals surface area (Å²) in [6.45, 7) is -2.35. The van der Waals surface area contributed by atoms with E-state index in [-0.39, 0.29) is 7.11 Å². The minimum atomic E-state index is -6.30. The van der Waals surface area contributed by atoms with Crippen LogP contribution in [0.3, 0.4) is 0 Å². The molecule has 0 bridgehead atoms. The molecule has 0 heterocycles.